The second-order valence-electron chi connectivity index (χ2n) is 5.10. The quantitative estimate of drug-likeness (QED) is 0.417. The first-order valence-corrected chi connectivity index (χ1v) is 8.69. The molecule has 0 nitrogen and oxygen atoms in total. The van der Waals surface area contributed by atoms with Gasteiger partial charge in [-0.05, 0) is 68.7 Å². The first-order valence-electron chi connectivity index (χ1n) is 7.81. The van der Waals surface area contributed by atoms with E-state index in [1.807, 2.05) is 13.0 Å². The van der Waals surface area contributed by atoms with Gasteiger partial charge in [-0.2, -0.15) is 0 Å². The van der Waals surface area contributed by atoms with Crippen molar-refractivity contribution < 1.29 is 0 Å². The molecule has 0 saturated heterocycles. The third-order valence-corrected chi connectivity index (χ3v) is 4.34. The van der Waals surface area contributed by atoms with Crippen molar-refractivity contribution >= 4 is 11.8 Å². The standard InChI is InChI=1S/C21H30S/c1-8-12-15-18(6)20(14-10-3)21(19(7)13-9-2)22-16-17(5)11-4/h8-9,11-16H,4,10H2,1-3,5-7H3/b12-8-,13-9+,17-16-,18-15+,20-14-,21-19+. The highest BCUT2D eigenvalue weighted by Crippen LogP contribution is 2.34. The topological polar surface area (TPSA) is 0 Å². The van der Waals surface area contributed by atoms with E-state index in [9.17, 15) is 0 Å². The highest BCUT2D eigenvalue weighted by molar-refractivity contribution is 8.06. The van der Waals surface area contributed by atoms with Gasteiger partial charge in [-0.25, -0.2) is 0 Å². The van der Waals surface area contributed by atoms with Crippen LogP contribution in [0.3, 0.4) is 0 Å². The zero-order valence-corrected chi connectivity index (χ0v) is 15.8. The van der Waals surface area contributed by atoms with Crippen molar-refractivity contribution in [2.45, 2.75) is 48.0 Å². The normalized spacial score (nSPS) is 15.6. The third-order valence-electron chi connectivity index (χ3n) is 3.08. The van der Waals surface area contributed by atoms with E-state index in [0.717, 1.165) is 6.42 Å². The summed E-state index contributed by atoms with van der Waals surface area (Å²) in [6.07, 6.45) is 15.8. The van der Waals surface area contributed by atoms with Crippen LogP contribution in [-0.4, -0.2) is 0 Å². The Balaban J connectivity index is 5.95. The molecule has 0 heterocycles. The molecule has 0 aromatic heterocycles. The summed E-state index contributed by atoms with van der Waals surface area (Å²) in [5.41, 5.74) is 5.07. The Hall–Kier alpha value is -1.47. The van der Waals surface area contributed by atoms with E-state index in [4.69, 9.17) is 0 Å². The van der Waals surface area contributed by atoms with Gasteiger partial charge in [0.15, 0.2) is 0 Å². The number of hydrogen-bond acceptors (Lipinski definition) is 1. The largest absolute Gasteiger partial charge is 0.0988 e. The summed E-state index contributed by atoms with van der Waals surface area (Å²) < 4.78 is 0. The van der Waals surface area contributed by atoms with Gasteiger partial charge in [0.05, 0.1) is 0 Å². The summed E-state index contributed by atoms with van der Waals surface area (Å²) in [5, 5.41) is 2.17. The lowest BCUT2D eigenvalue weighted by molar-refractivity contribution is 1.19. The fourth-order valence-electron chi connectivity index (χ4n) is 1.86. The Morgan fingerprint density at radius 3 is 2.27 bits per heavy atom. The van der Waals surface area contributed by atoms with Gasteiger partial charge in [0.1, 0.15) is 0 Å². The van der Waals surface area contributed by atoms with Gasteiger partial charge in [-0.15, -0.1) is 0 Å². The summed E-state index contributed by atoms with van der Waals surface area (Å²) >= 11 is 1.77. The molecule has 0 unspecified atom stereocenters. The molecule has 0 aromatic carbocycles. The maximum Gasteiger partial charge on any atom is 0.0217 e. The number of hydrogen-bond donors (Lipinski definition) is 0. The van der Waals surface area contributed by atoms with Crippen LogP contribution in [0.1, 0.15) is 48.0 Å². The van der Waals surface area contributed by atoms with E-state index in [1.54, 1.807) is 11.8 Å². The molecule has 0 fully saturated rings. The minimum atomic E-state index is 1.02. The van der Waals surface area contributed by atoms with Crippen molar-refractivity contribution in [3.8, 4) is 0 Å². The number of rotatable bonds is 8. The van der Waals surface area contributed by atoms with E-state index >= 15 is 0 Å². The maximum atomic E-state index is 3.83. The van der Waals surface area contributed by atoms with Crippen molar-refractivity contribution in [3.05, 3.63) is 81.7 Å². The van der Waals surface area contributed by atoms with Gasteiger partial charge in [-0.3, -0.25) is 0 Å². The first kappa shape index (κ1) is 20.5. The van der Waals surface area contributed by atoms with Gasteiger partial charge in [-0.1, -0.05) is 67.8 Å². The predicted octanol–water partition coefficient (Wildman–Crippen LogP) is 7.52. The molecule has 22 heavy (non-hydrogen) atoms. The minimum absolute atomic E-state index is 1.02. The van der Waals surface area contributed by atoms with Crippen LogP contribution in [0.4, 0.5) is 0 Å². The SMILES string of the molecule is C=C/C(C)=C\SC(/C(=C\CC)C(/C)=C/C=C\C)=C(C)/C=C/C. The van der Waals surface area contributed by atoms with E-state index in [2.05, 4.69) is 83.1 Å². The summed E-state index contributed by atoms with van der Waals surface area (Å²) in [6, 6.07) is 0. The molecule has 0 bridgehead atoms. The fraction of sp³-hybridized carbons (Fsp3) is 0.333. The van der Waals surface area contributed by atoms with Crippen LogP contribution in [0.2, 0.25) is 0 Å². The summed E-state index contributed by atoms with van der Waals surface area (Å²) in [5.74, 6) is 0. The molecule has 0 rings (SSSR count). The van der Waals surface area contributed by atoms with Gasteiger partial charge in [0.25, 0.3) is 0 Å². The average Bonchev–Trinajstić information content (AvgIpc) is 2.51. The minimum Gasteiger partial charge on any atom is -0.0988 e. The Kier molecular flexibility index (Phi) is 11.3. The highest BCUT2D eigenvalue weighted by Gasteiger charge is 2.09. The first-order chi connectivity index (χ1) is 10.5. The monoisotopic (exact) mass is 314 g/mol. The Labute approximate surface area is 141 Å². The predicted molar refractivity (Wildman–Crippen MR) is 106 cm³/mol. The molecule has 0 N–H and O–H groups in total. The van der Waals surface area contributed by atoms with Crippen LogP contribution in [0.15, 0.2) is 81.7 Å². The Bertz CT molecular complexity index is 534. The van der Waals surface area contributed by atoms with Crippen molar-refractivity contribution in [2.24, 2.45) is 0 Å². The zero-order chi connectivity index (χ0) is 17.0. The van der Waals surface area contributed by atoms with Gasteiger partial charge >= 0.3 is 0 Å². The second-order valence-corrected chi connectivity index (χ2v) is 5.98. The van der Waals surface area contributed by atoms with Crippen LogP contribution in [0.25, 0.3) is 0 Å². The lowest BCUT2D eigenvalue weighted by Crippen LogP contribution is -1.92. The third kappa shape index (κ3) is 7.51. The van der Waals surface area contributed by atoms with Crippen LogP contribution in [-0.2, 0) is 0 Å². The molecule has 1 heteroatoms. The van der Waals surface area contributed by atoms with E-state index in [-0.39, 0.29) is 0 Å². The van der Waals surface area contributed by atoms with Gasteiger partial charge in [0, 0.05) is 4.91 Å². The molecule has 0 radical (unpaired) electrons. The molecular weight excluding hydrogens is 284 g/mol. The highest BCUT2D eigenvalue weighted by atomic mass is 32.2. The number of thioether (sulfide) groups is 1. The van der Waals surface area contributed by atoms with Crippen molar-refractivity contribution in [2.75, 3.05) is 0 Å². The van der Waals surface area contributed by atoms with Crippen molar-refractivity contribution in [1.29, 1.82) is 0 Å². The maximum absolute atomic E-state index is 3.83. The van der Waals surface area contributed by atoms with Crippen molar-refractivity contribution in [3.63, 3.8) is 0 Å². The second kappa shape index (κ2) is 12.1. The molecule has 0 aromatic rings. The molecule has 0 aliphatic carbocycles. The molecule has 120 valence electrons. The van der Waals surface area contributed by atoms with Crippen LogP contribution in [0, 0.1) is 0 Å². The molecular formula is C21H30S. The Morgan fingerprint density at radius 1 is 1.09 bits per heavy atom. The molecule has 0 atom stereocenters. The average molecular weight is 315 g/mol. The van der Waals surface area contributed by atoms with Crippen LogP contribution < -0.4 is 0 Å². The Morgan fingerprint density at radius 2 is 1.77 bits per heavy atom. The molecule has 0 saturated carbocycles. The summed E-state index contributed by atoms with van der Waals surface area (Å²) in [4.78, 5) is 1.31. The smallest absolute Gasteiger partial charge is 0.0217 e. The van der Waals surface area contributed by atoms with E-state index < -0.39 is 0 Å². The molecule has 0 amide bonds. The molecule has 0 aliphatic heterocycles. The van der Waals surface area contributed by atoms with Gasteiger partial charge < -0.3 is 0 Å². The lowest BCUT2D eigenvalue weighted by Gasteiger charge is -2.14. The fourth-order valence-corrected chi connectivity index (χ4v) is 2.89. The van der Waals surface area contributed by atoms with E-state index in [1.165, 1.54) is 27.2 Å². The van der Waals surface area contributed by atoms with E-state index in [0.29, 0.717) is 0 Å². The summed E-state index contributed by atoms with van der Waals surface area (Å²) in [7, 11) is 0. The van der Waals surface area contributed by atoms with Gasteiger partial charge in [0.2, 0.25) is 0 Å². The number of allylic oxidation sites excluding steroid dienone is 11. The molecule has 0 spiro atoms. The lowest BCUT2D eigenvalue weighted by atomic mass is 10.0. The summed E-state index contributed by atoms with van der Waals surface area (Å²) in [6.45, 7) is 16.5. The van der Waals surface area contributed by atoms with Crippen molar-refractivity contribution in [1.82, 2.24) is 0 Å². The molecule has 0 aliphatic rings. The zero-order valence-electron chi connectivity index (χ0n) is 14.9. The van der Waals surface area contributed by atoms with Crippen LogP contribution in [0.5, 0.6) is 0 Å². The van der Waals surface area contributed by atoms with Crippen LogP contribution >= 0.6 is 11.8 Å².